The SMILES string of the molecule is COc1ccc(/C=C2/NC(=S)N(C)C2=O)cc1COc1ccc(F)cc1Cl. The van der Waals surface area contributed by atoms with E-state index in [0.717, 1.165) is 11.1 Å². The van der Waals surface area contributed by atoms with Gasteiger partial charge in [0.2, 0.25) is 0 Å². The molecule has 5 nitrogen and oxygen atoms in total. The second kappa shape index (κ2) is 7.94. The second-order valence-electron chi connectivity index (χ2n) is 5.79. The average Bonchev–Trinajstić information content (AvgIpc) is 2.88. The van der Waals surface area contributed by atoms with Crippen LogP contribution in [-0.2, 0) is 11.4 Å². The van der Waals surface area contributed by atoms with E-state index in [0.29, 0.717) is 22.3 Å². The van der Waals surface area contributed by atoms with Crippen molar-refractivity contribution in [1.82, 2.24) is 10.2 Å². The summed E-state index contributed by atoms with van der Waals surface area (Å²) in [6, 6.07) is 9.35. The molecule has 2 aromatic rings. The Labute approximate surface area is 166 Å². The van der Waals surface area contributed by atoms with Crippen LogP contribution in [0.2, 0.25) is 5.02 Å². The van der Waals surface area contributed by atoms with Crippen LogP contribution in [-0.4, -0.2) is 30.1 Å². The molecule has 0 radical (unpaired) electrons. The van der Waals surface area contributed by atoms with Crippen LogP contribution >= 0.6 is 23.8 Å². The Morgan fingerprint density at radius 3 is 2.63 bits per heavy atom. The Balaban J connectivity index is 1.84. The van der Waals surface area contributed by atoms with Gasteiger partial charge in [-0.25, -0.2) is 4.39 Å². The van der Waals surface area contributed by atoms with E-state index in [1.165, 1.54) is 23.1 Å². The van der Waals surface area contributed by atoms with Crippen molar-refractivity contribution in [3.63, 3.8) is 0 Å². The molecule has 1 heterocycles. The minimum atomic E-state index is -0.435. The highest BCUT2D eigenvalue weighted by Gasteiger charge is 2.26. The summed E-state index contributed by atoms with van der Waals surface area (Å²) in [5.74, 6) is 0.346. The fourth-order valence-corrected chi connectivity index (χ4v) is 2.95. The van der Waals surface area contributed by atoms with Gasteiger partial charge in [0.15, 0.2) is 5.11 Å². The van der Waals surface area contributed by atoms with E-state index in [1.807, 2.05) is 12.1 Å². The van der Waals surface area contributed by atoms with E-state index in [2.05, 4.69) is 5.32 Å². The van der Waals surface area contributed by atoms with Crippen LogP contribution in [0.3, 0.4) is 0 Å². The summed E-state index contributed by atoms with van der Waals surface area (Å²) >= 11 is 11.1. The molecule has 1 amide bonds. The molecule has 0 saturated carbocycles. The zero-order valence-corrected chi connectivity index (χ0v) is 16.2. The normalized spacial score (nSPS) is 15.3. The Morgan fingerprint density at radius 1 is 1.26 bits per heavy atom. The molecular weight excluding hydrogens is 391 g/mol. The molecule has 1 saturated heterocycles. The highest BCUT2D eigenvalue weighted by atomic mass is 35.5. The Morgan fingerprint density at radius 2 is 2.00 bits per heavy atom. The lowest BCUT2D eigenvalue weighted by Gasteiger charge is -2.12. The maximum Gasteiger partial charge on any atom is 0.276 e. The van der Waals surface area contributed by atoms with E-state index in [-0.39, 0.29) is 17.5 Å². The number of hydrogen-bond acceptors (Lipinski definition) is 4. The van der Waals surface area contributed by atoms with E-state index in [1.54, 1.807) is 26.3 Å². The number of likely N-dealkylation sites (N-methyl/N-ethyl adjacent to an activating group) is 1. The molecule has 8 heteroatoms. The standard InChI is InChI=1S/C19H16ClFN2O3S/c1-23-18(24)15(22-19(23)27)8-11-3-5-16(25-2)12(7-11)10-26-17-6-4-13(21)9-14(17)20/h3-9H,10H2,1-2H3,(H,22,27)/b15-8+. The quantitative estimate of drug-likeness (QED) is 0.605. The van der Waals surface area contributed by atoms with Gasteiger partial charge < -0.3 is 14.8 Å². The molecule has 0 unspecified atom stereocenters. The number of hydrogen-bond donors (Lipinski definition) is 1. The van der Waals surface area contributed by atoms with Gasteiger partial charge in [-0.2, -0.15) is 0 Å². The fourth-order valence-electron chi connectivity index (χ4n) is 2.54. The van der Waals surface area contributed by atoms with Gasteiger partial charge in [-0.1, -0.05) is 17.7 Å². The first-order valence-corrected chi connectivity index (χ1v) is 8.73. The number of amides is 1. The third-order valence-electron chi connectivity index (χ3n) is 3.97. The summed E-state index contributed by atoms with van der Waals surface area (Å²) in [7, 11) is 3.16. The predicted octanol–water partition coefficient (Wildman–Crippen LogP) is 3.75. The maximum absolute atomic E-state index is 13.2. The van der Waals surface area contributed by atoms with Crippen LogP contribution in [0.4, 0.5) is 4.39 Å². The summed E-state index contributed by atoms with van der Waals surface area (Å²) in [4.78, 5) is 13.5. The summed E-state index contributed by atoms with van der Waals surface area (Å²) in [6.45, 7) is 0.158. The highest BCUT2D eigenvalue weighted by molar-refractivity contribution is 7.80. The van der Waals surface area contributed by atoms with Gasteiger partial charge in [0, 0.05) is 12.6 Å². The van der Waals surface area contributed by atoms with Gasteiger partial charge in [-0.3, -0.25) is 9.69 Å². The largest absolute Gasteiger partial charge is 0.496 e. The predicted molar refractivity (Wildman–Crippen MR) is 105 cm³/mol. The molecule has 0 aliphatic carbocycles. The number of ether oxygens (including phenoxy) is 2. The molecule has 1 aliphatic rings. The monoisotopic (exact) mass is 406 g/mol. The Bertz CT molecular complexity index is 949. The summed E-state index contributed by atoms with van der Waals surface area (Å²) in [6.07, 6.45) is 1.70. The molecule has 0 atom stereocenters. The number of rotatable bonds is 5. The number of thiocarbonyl (C=S) groups is 1. The van der Waals surface area contributed by atoms with Crippen LogP contribution in [0.25, 0.3) is 6.08 Å². The third-order valence-corrected chi connectivity index (χ3v) is 4.65. The van der Waals surface area contributed by atoms with Crippen LogP contribution < -0.4 is 14.8 Å². The van der Waals surface area contributed by atoms with Crippen molar-refractivity contribution in [2.24, 2.45) is 0 Å². The van der Waals surface area contributed by atoms with Gasteiger partial charge in [0.1, 0.15) is 29.6 Å². The van der Waals surface area contributed by atoms with Crippen molar-refractivity contribution < 1.29 is 18.7 Å². The van der Waals surface area contributed by atoms with Crippen LogP contribution in [0.15, 0.2) is 42.1 Å². The number of halogens is 2. The average molecular weight is 407 g/mol. The van der Waals surface area contributed by atoms with Crippen LogP contribution in [0.5, 0.6) is 11.5 Å². The molecule has 27 heavy (non-hydrogen) atoms. The zero-order chi connectivity index (χ0) is 19.6. The number of benzene rings is 2. The minimum absolute atomic E-state index is 0.158. The molecule has 140 valence electrons. The molecule has 0 aromatic heterocycles. The smallest absolute Gasteiger partial charge is 0.276 e. The second-order valence-corrected chi connectivity index (χ2v) is 6.58. The molecule has 2 aromatic carbocycles. The van der Waals surface area contributed by atoms with Crippen molar-refractivity contribution in [2.75, 3.05) is 14.2 Å². The van der Waals surface area contributed by atoms with Crippen LogP contribution in [0.1, 0.15) is 11.1 Å². The molecule has 0 spiro atoms. The molecule has 3 rings (SSSR count). The van der Waals surface area contributed by atoms with Gasteiger partial charge in [-0.05, 0) is 54.2 Å². The number of carbonyl (C=O) groups excluding carboxylic acids is 1. The van der Waals surface area contributed by atoms with E-state index in [4.69, 9.17) is 33.3 Å². The first-order chi connectivity index (χ1) is 12.9. The van der Waals surface area contributed by atoms with Crippen molar-refractivity contribution in [1.29, 1.82) is 0 Å². The van der Waals surface area contributed by atoms with E-state index in [9.17, 15) is 9.18 Å². The topological polar surface area (TPSA) is 50.8 Å². The Kier molecular flexibility index (Phi) is 5.62. The van der Waals surface area contributed by atoms with Crippen molar-refractivity contribution in [3.8, 4) is 11.5 Å². The van der Waals surface area contributed by atoms with E-state index >= 15 is 0 Å². The van der Waals surface area contributed by atoms with E-state index < -0.39 is 5.82 Å². The molecule has 0 bridgehead atoms. The highest BCUT2D eigenvalue weighted by Crippen LogP contribution is 2.28. The van der Waals surface area contributed by atoms with Gasteiger partial charge in [0.25, 0.3) is 5.91 Å². The number of carbonyl (C=O) groups is 1. The maximum atomic E-state index is 13.2. The lowest BCUT2D eigenvalue weighted by atomic mass is 10.1. The minimum Gasteiger partial charge on any atom is -0.496 e. The fraction of sp³-hybridized carbons (Fsp3) is 0.158. The van der Waals surface area contributed by atoms with Crippen molar-refractivity contribution >= 4 is 40.9 Å². The first-order valence-electron chi connectivity index (χ1n) is 7.94. The number of nitrogens with zero attached hydrogens (tertiary/aromatic N) is 1. The van der Waals surface area contributed by atoms with Gasteiger partial charge in [-0.15, -0.1) is 0 Å². The molecule has 1 N–H and O–H groups in total. The zero-order valence-electron chi connectivity index (χ0n) is 14.6. The van der Waals surface area contributed by atoms with Crippen LogP contribution in [0, 0.1) is 5.82 Å². The molecule has 1 fully saturated rings. The van der Waals surface area contributed by atoms with Gasteiger partial charge in [0.05, 0.1) is 12.1 Å². The summed E-state index contributed by atoms with van der Waals surface area (Å²) < 4.78 is 24.2. The third kappa shape index (κ3) is 4.20. The van der Waals surface area contributed by atoms with Gasteiger partial charge >= 0.3 is 0 Å². The van der Waals surface area contributed by atoms with Crippen molar-refractivity contribution in [3.05, 3.63) is 64.1 Å². The summed E-state index contributed by atoms with van der Waals surface area (Å²) in [5, 5.41) is 3.41. The number of nitrogens with one attached hydrogen (secondary N) is 1. The van der Waals surface area contributed by atoms with Crippen molar-refractivity contribution in [2.45, 2.75) is 6.61 Å². The number of methoxy groups -OCH3 is 1. The molecule has 1 aliphatic heterocycles. The lowest BCUT2D eigenvalue weighted by molar-refractivity contribution is -0.121. The first kappa shape index (κ1) is 19.1. The summed E-state index contributed by atoms with van der Waals surface area (Å²) in [5.41, 5.74) is 1.91. The lowest BCUT2D eigenvalue weighted by Crippen LogP contribution is -2.25. The molecular formula is C19H16ClFN2O3S. The Hall–Kier alpha value is -2.64.